The van der Waals surface area contributed by atoms with Crippen molar-refractivity contribution < 1.29 is 21.8 Å². The second kappa shape index (κ2) is 11.6. The number of unbranched alkanes of at least 4 members (excludes halogenated alkanes) is 4. The Hall–Kier alpha value is -0.920. The average molecular weight is 349 g/mol. The van der Waals surface area contributed by atoms with E-state index in [1.165, 1.54) is 62.8 Å². The fourth-order valence-electron chi connectivity index (χ4n) is 2.34. The fraction of sp³-hybridized carbons (Fsp3) is 0.812. The lowest BCUT2D eigenvalue weighted by atomic mass is 10.1. The largest absolute Gasteiger partial charge is 0.726 e. The van der Waals surface area contributed by atoms with Crippen LogP contribution in [0.1, 0.15) is 63.8 Å². The highest BCUT2D eigenvalue weighted by atomic mass is 32.3. The van der Waals surface area contributed by atoms with Crippen molar-refractivity contribution >= 4 is 10.4 Å². The molecule has 0 N–H and O–H groups in total. The minimum Gasteiger partial charge on any atom is -0.726 e. The van der Waals surface area contributed by atoms with Gasteiger partial charge in [0.1, 0.15) is 0 Å². The number of aryl methyl sites for hydroxylation is 2. The first kappa shape index (κ1) is 22.1. The molecule has 0 radical (unpaired) electrons. The van der Waals surface area contributed by atoms with Crippen molar-refractivity contribution in [2.45, 2.75) is 65.2 Å². The zero-order valence-corrected chi connectivity index (χ0v) is 16.0. The van der Waals surface area contributed by atoms with Crippen molar-refractivity contribution in [2.24, 2.45) is 14.1 Å². The molecule has 0 amide bonds. The summed E-state index contributed by atoms with van der Waals surface area (Å²) in [7, 11) is 0.766. The van der Waals surface area contributed by atoms with Gasteiger partial charge < -0.3 is 4.55 Å². The van der Waals surface area contributed by atoms with Gasteiger partial charge in [0.25, 0.3) is 0 Å². The molecule has 0 saturated heterocycles. The van der Waals surface area contributed by atoms with Crippen LogP contribution in [-0.4, -0.2) is 24.8 Å². The van der Waals surface area contributed by atoms with Gasteiger partial charge in [0, 0.05) is 12.5 Å². The molecule has 0 unspecified atom stereocenters. The summed E-state index contributed by atoms with van der Waals surface area (Å²) >= 11 is 0. The Balaban J connectivity index is 0.000000688. The maximum absolute atomic E-state index is 9.22. The van der Waals surface area contributed by atoms with Gasteiger partial charge in [0.15, 0.2) is 7.05 Å². The van der Waals surface area contributed by atoms with Gasteiger partial charge in [0.2, 0.25) is 16.1 Å². The van der Waals surface area contributed by atoms with Crippen LogP contribution < -0.4 is 4.68 Å². The van der Waals surface area contributed by atoms with Crippen LogP contribution in [0.4, 0.5) is 0 Å². The van der Waals surface area contributed by atoms with E-state index in [1.54, 1.807) is 0 Å². The van der Waals surface area contributed by atoms with Crippen molar-refractivity contribution in [1.82, 2.24) is 4.68 Å². The number of aromatic nitrogens is 2. The number of hydrogen-bond acceptors (Lipinski definition) is 4. The van der Waals surface area contributed by atoms with Crippen molar-refractivity contribution in [3.8, 4) is 0 Å². The molecule has 136 valence electrons. The molecular weight excluding hydrogens is 316 g/mol. The summed E-state index contributed by atoms with van der Waals surface area (Å²) in [6.07, 6.45) is 10.4. The Morgan fingerprint density at radius 3 is 2.04 bits per heavy atom. The van der Waals surface area contributed by atoms with Crippen molar-refractivity contribution in [1.29, 1.82) is 0 Å². The first-order chi connectivity index (χ1) is 10.8. The highest BCUT2D eigenvalue weighted by molar-refractivity contribution is 7.80. The molecule has 1 heterocycles. The van der Waals surface area contributed by atoms with Crippen LogP contribution in [0.15, 0.2) is 6.07 Å². The van der Waals surface area contributed by atoms with E-state index in [2.05, 4.69) is 47.6 Å². The lowest BCUT2D eigenvalue weighted by molar-refractivity contribution is -0.758. The van der Waals surface area contributed by atoms with Gasteiger partial charge in [-0.3, -0.25) is 4.18 Å². The SMILES string of the molecule is CCCCCc1cc(CCCCC)[n+](C)n1C.COS(=O)(=O)[O-]. The first-order valence-electron chi connectivity index (χ1n) is 8.32. The highest BCUT2D eigenvalue weighted by Gasteiger charge is 2.15. The lowest BCUT2D eigenvalue weighted by Gasteiger charge is -1.99. The molecule has 0 atom stereocenters. The van der Waals surface area contributed by atoms with E-state index in [0.29, 0.717) is 0 Å². The normalized spacial score (nSPS) is 11.2. The van der Waals surface area contributed by atoms with E-state index in [9.17, 15) is 13.0 Å². The Labute approximate surface area is 141 Å². The summed E-state index contributed by atoms with van der Waals surface area (Å²) in [6, 6.07) is 2.41. The second-order valence-corrected chi connectivity index (χ2v) is 6.81. The summed E-state index contributed by atoms with van der Waals surface area (Å²) in [4.78, 5) is 0. The van der Waals surface area contributed by atoms with E-state index in [0.717, 1.165) is 7.11 Å². The second-order valence-electron chi connectivity index (χ2n) is 5.66. The third-order valence-corrected chi connectivity index (χ3v) is 4.30. The fourth-order valence-corrected chi connectivity index (χ4v) is 2.34. The molecule has 0 aliphatic rings. The number of hydrogen-bond donors (Lipinski definition) is 0. The maximum Gasteiger partial charge on any atom is 0.217 e. The van der Waals surface area contributed by atoms with Crippen LogP contribution in [0.3, 0.4) is 0 Å². The molecule has 7 heteroatoms. The zero-order chi connectivity index (χ0) is 17.9. The lowest BCUT2D eigenvalue weighted by Crippen LogP contribution is -2.41. The molecule has 0 aliphatic heterocycles. The van der Waals surface area contributed by atoms with Crippen LogP contribution >= 0.6 is 0 Å². The molecular formula is C16H32N2O4S. The van der Waals surface area contributed by atoms with E-state index >= 15 is 0 Å². The molecule has 0 bridgehead atoms. The minimum atomic E-state index is -4.41. The predicted molar refractivity (Wildman–Crippen MR) is 89.8 cm³/mol. The third kappa shape index (κ3) is 9.73. The summed E-state index contributed by atoms with van der Waals surface area (Å²) in [5.74, 6) is 0. The molecule has 1 aromatic heterocycles. The van der Waals surface area contributed by atoms with E-state index in [-0.39, 0.29) is 0 Å². The van der Waals surface area contributed by atoms with Gasteiger partial charge in [-0.25, -0.2) is 8.42 Å². The molecule has 0 saturated carbocycles. The summed E-state index contributed by atoms with van der Waals surface area (Å²) < 4.78 is 35.7. The van der Waals surface area contributed by atoms with Crippen molar-refractivity contribution in [3.05, 3.63) is 17.5 Å². The van der Waals surface area contributed by atoms with Gasteiger partial charge in [0.05, 0.1) is 19.9 Å². The Morgan fingerprint density at radius 2 is 1.61 bits per heavy atom. The Bertz CT molecular complexity index is 508. The van der Waals surface area contributed by atoms with E-state index in [1.807, 2.05) is 0 Å². The molecule has 23 heavy (non-hydrogen) atoms. The van der Waals surface area contributed by atoms with Gasteiger partial charge in [-0.2, -0.15) is 4.68 Å². The van der Waals surface area contributed by atoms with Gasteiger partial charge in [-0.05, 0) is 19.3 Å². The Kier molecular flexibility index (Phi) is 11.1. The molecule has 0 aliphatic carbocycles. The van der Waals surface area contributed by atoms with Crippen molar-refractivity contribution in [2.75, 3.05) is 7.11 Å². The van der Waals surface area contributed by atoms with Gasteiger partial charge in [-0.1, -0.05) is 39.5 Å². The molecule has 0 spiro atoms. The molecule has 0 fully saturated rings. The van der Waals surface area contributed by atoms with Crippen LogP contribution in [0.5, 0.6) is 0 Å². The summed E-state index contributed by atoms with van der Waals surface area (Å²) in [6.45, 7) is 4.53. The van der Waals surface area contributed by atoms with Gasteiger partial charge >= 0.3 is 0 Å². The first-order valence-corrected chi connectivity index (χ1v) is 9.65. The number of rotatable bonds is 9. The zero-order valence-electron chi connectivity index (χ0n) is 15.2. The minimum absolute atomic E-state index is 0.808. The topological polar surface area (TPSA) is 75.2 Å². The van der Waals surface area contributed by atoms with Crippen LogP contribution in [0, 0.1) is 0 Å². The predicted octanol–water partition coefficient (Wildman–Crippen LogP) is 2.41. The van der Waals surface area contributed by atoms with Crippen molar-refractivity contribution in [3.63, 3.8) is 0 Å². The third-order valence-electron chi connectivity index (χ3n) is 3.89. The maximum atomic E-state index is 9.22. The summed E-state index contributed by atoms with van der Waals surface area (Å²) in [5, 5.41) is 0. The highest BCUT2D eigenvalue weighted by Crippen LogP contribution is 2.09. The van der Waals surface area contributed by atoms with Gasteiger partial charge in [-0.15, -0.1) is 4.68 Å². The average Bonchev–Trinajstić information content (AvgIpc) is 2.76. The molecule has 0 aromatic carbocycles. The van der Waals surface area contributed by atoms with Crippen LogP contribution in [-0.2, 0) is 41.5 Å². The quantitative estimate of drug-likeness (QED) is 0.297. The number of nitrogens with zero attached hydrogens (tertiary/aromatic N) is 2. The van der Waals surface area contributed by atoms with Crippen LogP contribution in [0.2, 0.25) is 0 Å². The monoisotopic (exact) mass is 348 g/mol. The molecule has 1 rings (SSSR count). The smallest absolute Gasteiger partial charge is 0.217 e. The Morgan fingerprint density at radius 1 is 1.13 bits per heavy atom. The molecule has 1 aromatic rings. The summed E-state index contributed by atoms with van der Waals surface area (Å²) in [5.41, 5.74) is 2.99. The van der Waals surface area contributed by atoms with Crippen LogP contribution in [0.25, 0.3) is 0 Å². The van der Waals surface area contributed by atoms with E-state index in [4.69, 9.17) is 0 Å². The van der Waals surface area contributed by atoms with E-state index < -0.39 is 10.4 Å². The molecule has 6 nitrogen and oxygen atoms in total. The standard InChI is InChI=1S/C15H29N2.CH4O4S/c1-5-7-9-11-14-13-15(12-10-8-6-2)17(4)16(14)3;1-5-6(2,3)4/h13H,5-12H2,1-4H3;1H3,(H,2,3,4)/q+1;/p-1.